The first-order valence-corrected chi connectivity index (χ1v) is 11.0. The highest BCUT2D eigenvalue weighted by Crippen LogP contribution is 2.31. The van der Waals surface area contributed by atoms with Gasteiger partial charge >= 0.3 is 0 Å². The molecule has 0 saturated heterocycles. The van der Waals surface area contributed by atoms with Crippen molar-refractivity contribution in [1.29, 1.82) is 0 Å². The highest BCUT2D eigenvalue weighted by Gasteiger charge is 2.26. The Kier molecular flexibility index (Phi) is 6.62. The normalized spacial score (nSPS) is 12.7. The maximum atomic E-state index is 12.8. The molecule has 2 amide bonds. The number of carbonyl (C=O) groups is 2. The summed E-state index contributed by atoms with van der Waals surface area (Å²) in [5.74, 6) is 0.0748. The zero-order valence-corrected chi connectivity index (χ0v) is 20.0. The van der Waals surface area contributed by atoms with Crippen molar-refractivity contribution in [2.75, 3.05) is 11.1 Å². The molecule has 1 atom stereocenters. The molecule has 0 aliphatic carbocycles. The molecule has 176 valence electrons. The summed E-state index contributed by atoms with van der Waals surface area (Å²) in [5, 5.41) is 11.3. The maximum absolute atomic E-state index is 12.8. The molecule has 0 bridgehead atoms. The monoisotopic (exact) mass is 452 g/mol. The third-order valence-corrected chi connectivity index (χ3v) is 6.07. The van der Waals surface area contributed by atoms with E-state index in [2.05, 4.69) is 36.3 Å². The second-order valence-corrected chi connectivity index (χ2v) is 9.16. The number of hydrogen-bond donors (Lipinski definition) is 3. The van der Waals surface area contributed by atoms with Crippen LogP contribution in [-0.4, -0.2) is 26.8 Å². The van der Waals surface area contributed by atoms with E-state index in [0.29, 0.717) is 17.1 Å². The zero-order valence-electron chi connectivity index (χ0n) is 20.0. The number of anilines is 2. The fourth-order valence-corrected chi connectivity index (χ4v) is 3.43. The SMILES string of the molecule is CCC(C)(C)c1cc(NC(=O)C(C)c2ccc(-c3nn(C(C)C)c(N)c3C(N)=O)cc2)no1. The number of hydrogen-bond acceptors (Lipinski definition) is 6. The third kappa shape index (κ3) is 4.76. The molecular weight excluding hydrogens is 420 g/mol. The molecular formula is C24H32N6O3. The van der Waals surface area contributed by atoms with Gasteiger partial charge in [0.2, 0.25) is 5.91 Å². The number of nitrogens with one attached hydrogen (secondary N) is 1. The smallest absolute Gasteiger partial charge is 0.254 e. The number of nitrogens with zero attached hydrogens (tertiary/aromatic N) is 3. The number of aromatic nitrogens is 3. The number of rotatable bonds is 8. The molecule has 0 spiro atoms. The summed E-state index contributed by atoms with van der Waals surface area (Å²) in [4.78, 5) is 24.8. The quantitative estimate of drug-likeness (QED) is 0.467. The van der Waals surface area contributed by atoms with Crippen LogP contribution in [0.25, 0.3) is 11.3 Å². The fourth-order valence-electron chi connectivity index (χ4n) is 3.43. The Balaban J connectivity index is 1.80. The molecule has 2 heterocycles. The summed E-state index contributed by atoms with van der Waals surface area (Å²) in [5.41, 5.74) is 13.6. The Morgan fingerprint density at radius 3 is 2.36 bits per heavy atom. The van der Waals surface area contributed by atoms with E-state index in [1.54, 1.807) is 22.9 Å². The number of primary amides is 1. The molecule has 9 nitrogen and oxygen atoms in total. The highest BCUT2D eigenvalue weighted by molar-refractivity contribution is 6.03. The van der Waals surface area contributed by atoms with E-state index in [1.807, 2.05) is 32.9 Å². The molecule has 0 saturated carbocycles. The minimum atomic E-state index is -0.635. The molecule has 1 unspecified atom stereocenters. The number of benzene rings is 1. The Hall–Kier alpha value is -3.62. The number of carbonyl (C=O) groups excluding carboxylic acids is 2. The first-order valence-electron chi connectivity index (χ1n) is 11.0. The lowest BCUT2D eigenvalue weighted by Gasteiger charge is -2.17. The van der Waals surface area contributed by atoms with Crippen molar-refractivity contribution in [3.05, 3.63) is 47.2 Å². The van der Waals surface area contributed by atoms with Crippen LogP contribution in [0, 0.1) is 0 Å². The summed E-state index contributed by atoms with van der Waals surface area (Å²) in [6.45, 7) is 11.8. The topological polar surface area (TPSA) is 142 Å². The van der Waals surface area contributed by atoms with E-state index in [-0.39, 0.29) is 28.7 Å². The van der Waals surface area contributed by atoms with Gasteiger partial charge in [-0.3, -0.25) is 9.59 Å². The molecule has 3 rings (SSSR count). The Labute approximate surface area is 193 Å². The predicted octanol–water partition coefficient (Wildman–Crippen LogP) is 4.23. The van der Waals surface area contributed by atoms with Gasteiger partial charge in [0.15, 0.2) is 5.82 Å². The summed E-state index contributed by atoms with van der Waals surface area (Å²) in [6.07, 6.45) is 0.886. The fraction of sp³-hybridized carbons (Fsp3) is 0.417. The lowest BCUT2D eigenvalue weighted by molar-refractivity contribution is -0.117. The van der Waals surface area contributed by atoms with Gasteiger partial charge in [-0.15, -0.1) is 0 Å². The van der Waals surface area contributed by atoms with E-state index in [0.717, 1.165) is 17.7 Å². The molecule has 1 aromatic carbocycles. The molecule has 0 radical (unpaired) electrons. The van der Waals surface area contributed by atoms with Crippen LogP contribution in [0.4, 0.5) is 11.6 Å². The van der Waals surface area contributed by atoms with Gasteiger partial charge in [0, 0.05) is 23.1 Å². The highest BCUT2D eigenvalue weighted by atomic mass is 16.5. The first kappa shape index (κ1) is 24.0. The second kappa shape index (κ2) is 9.09. The van der Waals surface area contributed by atoms with Gasteiger partial charge < -0.3 is 21.3 Å². The molecule has 3 aromatic rings. The van der Waals surface area contributed by atoms with Gasteiger partial charge in [0.05, 0.1) is 5.92 Å². The van der Waals surface area contributed by atoms with Crippen molar-refractivity contribution in [3.8, 4) is 11.3 Å². The zero-order chi connectivity index (χ0) is 24.5. The van der Waals surface area contributed by atoms with Crippen LogP contribution < -0.4 is 16.8 Å². The molecule has 33 heavy (non-hydrogen) atoms. The minimum Gasteiger partial charge on any atom is -0.383 e. The summed E-state index contributed by atoms with van der Waals surface area (Å²) >= 11 is 0. The molecule has 0 aliphatic rings. The van der Waals surface area contributed by atoms with E-state index >= 15 is 0 Å². The molecule has 2 aromatic heterocycles. The van der Waals surface area contributed by atoms with Gasteiger partial charge in [0.25, 0.3) is 5.91 Å². The Morgan fingerprint density at radius 2 is 1.82 bits per heavy atom. The Morgan fingerprint density at radius 1 is 1.18 bits per heavy atom. The van der Waals surface area contributed by atoms with Crippen LogP contribution >= 0.6 is 0 Å². The van der Waals surface area contributed by atoms with E-state index in [1.165, 1.54) is 0 Å². The summed E-state index contributed by atoms with van der Waals surface area (Å²) in [6, 6.07) is 8.98. The average molecular weight is 453 g/mol. The van der Waals surface area contributed by atoms with Gasteiger partial charge in [-0.2, -0.15) is 5.10 Å². The van der Waals surface area contributed by atoms with Crippen molar-refractivity contribution < 1.29 is 14.1 Å². The minimum absolute atomic E-state index is 0.0280. The number of amides is 2. The molecule has 9 heteroatoms. The van der Waals surface area contributed by atoms with Crippen molar-refractivity contribution in [3.63, 3.8) is 0 Å². The lowest BCUT2D eigenvalue weighted by atomic mass is 9.87. The maximum Gasteiger partial charge on any atom is 0.254 e. The second-order valence-electron chi connectivity index (χ2n) is 9.16. The third-order valence-electron chi connectivity index (χ3n) is 6.07. The predicted molar refractivity (Wildman–Crippen MR) is 128 cm³/mol. The van der Waals surface area contributed by atoms with E-state index < -0.39 is 11.8 Å². The molecule has 0 aliphatic heterocycles. The lowest BCUT2D eigenvalue weighted by Crippen LogP contribution is -2.19. The van der Waals surface area contributed by atoms with Gasteiger partial charge in [-0.25, -0.2) is 4.68 Å². The first-order chi connectivity index (χ1) is 15.5. The summed E-state index contributed by atoms with van der Waals surface area (Å²) < 4.78 is 6.98. The van der Waals surface area contributed by atoms with Crippen LogP contribution in [0.5, 0.6) is 0 Å². The van der Waals surface area contributed by atoms with Crippen LogP contribution in [0.2, 0.25) is 0 Å². The Bertz CT molecular complexity index is 1160. The van der Waals surface area contributed by atoms with Gasteiger partial charge in [-0.05, 0) is 32.8 Å². The van der Waals surface area contributed by atoms with Gasteiger partial charge in [-0.1, -0.05) is 50.2 Å². The molecule has 5 N–H and O–H groups in total. The molecule has 0 fully saturated rings. The van der Waals surface area contributed by atoms with Gasteiger partial charge in [0.1, 0.15) is 22.8 Å². The average Bonchev–Trinajstić information content (AvgIpc) is 3.38. The van der Waals surface area contributed by atoms with Crippen LogP contribution in [0.3, 0.4) is 0 Å². The van der Waals surface area contributed by atoms with Crippen molar-refractivity contribution >= 4 is 23.5 Å². The van der Waals surface area contributed by atoms with Crippen molar-refractivity contribution in [1.82, 2.24) is 14.9 Å². The van der Waals surface area contributed by atoms with Crippen LogP contribution in [-0.2, 0) is 10.2 Å². The number of nitrogens with two attached hydrogens (primary N) is 2. The largest absolute Gasteiger partial charge is 0.383 e. The standard InChI is InChI=1S/C24H32N6O3/c1-7-24(5,6)17-12-18(29-33-17)27-23(32)14(4)15-8-10-16(11-9-15)20-19(22(26)31)21(25)30(28-20)13(2)3/h8-14H,7,25H2,1-6H3,(H2,26,31)(H,27,29,32). The van der Waals surface area contributed by atoms with Crippen molar-refractivity contribution in [2.24, 2.45) is 5.73 Å². The van der Waals surface area contributed by atoms with Crippen molar-refractivity contribution in [2.45, 2.75) is 65.3 Å². The van der Waals surface area contributed by atoms with Crippen LogP contribution in [0.1, 0.15) is 81.6 Å². The van der Waals surface area contributed by atoms with E-state index in [9.17, 15) is 9.59 Å². The van der Waals surface area contributed by atoms with E-state index in [4.69, 9.17) is 16.0 Å². The number of nitrogen functional groups attached to an aromatic ring is 1. The summed E-state index contributed by atoms with van der Waals surface area (Å²) in [7, 11) is 0. The van der Waals surface area contributed by atoms with Crippen LogP contribution in [0.15, 0.2) is 34.9 Å².